The fourth-order valence-corrected chi connectivity index (χ4v) is 3.85. The first kappa shape index (κ1) is 20.2. The molecule has 0 saturated heterocycles. The van der Waals surface area contributed by atoms with Gasteiger partial charge in [-0.2, -0.15) is 5.10 Å². The summed E-state index contributed by atoms with van der Waals surface area (Å²) in [6.45, 7) is 0.626. The van der Waals surface area contributed by atoms with Crippen LogP contribution in [0.25, 0.3) is 0 Å². The van der Waals surface area contributed by atoms with Crippen molar-refractivity contribution < 1.29 is 13.6 Å². The van der Waals surface area contributed by atoms with Crippen molar-refractivity contribution in [1.29, 1.82) is 0 Å². The van der Waals surface area contributed by atoms with E-state index in [4.69, 9.17) is 0 Å². The molecule has 1 aliphatic carbocycles. The van der Waals surface area contributed by atoms with Crippen molar-refractivity contribution in [3.05, 3.63) is 82.4 Å². The fraction of sp³-hybridized carbons (Fsp3) is 0.318. The Kier molecular flexibility index (Phi) is 5.85. The molecule has 0 bridgehead atoms. The zero-order valence-electron chi connectivity index (χ0n) is 16.7. The maximum absolute atomic E-state index is 13.9. The van der Waals surface area contributed by atoms with Gasteiger partial charge in [0.15, 0.2) is 5.69 Å². The van der Waals surface area contributed by atoms with Crippen LogP contribution in [0.15, 0.2) is 42.7 Å². The number of aryl methyl sites for hydroxylation is 1. The Morgan fingerprint density at radius 2 is 2.00 bits per heavy atom. The highest BCUT2D eigenvalue weighted by molar-refractivity contribution is 5.94. The number of rotatable bonds is 6. The number of aromatic nitrogens is 3. The van der Waals surface area contributed by atoms with E-state index in [-0.39, 0.29) is 18.5 Å². The molecule has 8 heteroatoms. The first-order valence-electron chi connectivity index (χ1n) is 9.90. The quantitative estimate of drug-likeness (QED) is 0.654. The third-order valence-corrected chi connectivity index (χ3v) is 5.46. The number of carbonyl (C=O) groups is 1. The number of nitrogens with one attached hydrogen (secondary N) is 2. The molecule has 156 valence electrons. The lowest BCUT2D eigenvalue weighted by molar-refractivity contribution is 0.0944. The highest BCUT2D eigenvalue weighted by Gasteiger charge is 2.28. The van der Waals surface area contributed by atoms with Gasteiger partial charge in [-0.1, -0.05) is 0 Å². The third kappa shape index (κ3) is 4.38. The number of nitrogens with zero attached hydrogens (tertiary/aromatic N) is 3. The number of pyridine rings is 1. The molecule has 0 radical (unpaired) electrons. The van der Waals surface area contributed by atoms with Crippen LogP contribution in [-0.2, 0) is 33.0 Å². The van der Waals surface area contributed by atoms with E-state index in [9.17, 15) is 13.6 Å². The molecule has 1 unspecified atom stereocenters. The predicted octanol–water partition coefficient (Wildman–Crippen LogP) is 2.67. The van der Waals surface area contributed by atoms with Gasteiger partial charge in [0, 0.05) is 55.4 Å². The summed E-state index contributed by atoms with van der Waals surface area (Å²) in [7, 11) is 1.84. The lowest BCUT2D eigenvalue weighted by Crippen LogP contribution is -2.35. The van der Waals surface area contributed by atoms with Gasteiger partial charge in [0.2, 0.25) is 0 Å². The Labute approximate surface area is 173 Å². The molecule has 2 aromatic heterocycles. The minimum atomic E-state index is -0.459. The number of halogens is 2. The van der Waals surface area contributed by atoms with Gasteiger partial charge in [-0.05, 0) is 55.2 Å². The smallest absolute Gasteiger partial charge is 0.272 e. The summed E-state index contributed by atoms with van der Waals surface area (Å²) in [5, 5.41) is 10.6. The number of amides is 1. The zero-order chi connectivity index (χ0) is 21.1. The summed E-state index contributed by atoms with van der Waals surface area (Å²) in [5.74, 6) is -1.11. The van der Waals surface area contributed by atoms with Gasteiger partial charge in [0.25, 0.3) is 5.91 Å². The maximum atomic E-state index is 13.9. The molecule has 1 aromatic carbocycles. The van der Waals surface area contributed by atoms with Crippen LogP contribution < -0.4 is 10.6 Å². The van der Waals surface area contributed by atoms with Crippen LogP contribution in [0.4, 0.5) is 8.78 Å². The molecule has 0 fully saturated rings. The summed E-state index contributed by atoms with van der Waals surface area (Å²) in [6, 6.07) is 7.20. The number of carbonyl (C=O) groups excluding carboxylic acids is 1. The van der Waals surface area contributed by atoms with E-state index < -0.39 is 11.6 Å². The van der Waals surface area contributed by atoms with Crippen molar-refractivity contribution in [3.63, 3.8) is 0 Å². The molecule has 1 aliphatic rings. The first-order valence-corrected chi connectivity index (χ1v) is 9.90. The summed E-state index contributed by atoms with van der Waals surface area (Å²) < 4.78 is 29.0. The molecule has 2 N–H and O–H groups in total. The molecule has 3 aromatic rings. The Morgan fingerprint density at radius 3 is 2.80 bits per heavy atom. The summed E-state index contributed by atoms with van der Waals surface area (Å²) in [5.41, 5.74) is 3.62. The Balaban J connectivity index is 1.43. The van der Waals surface area contributed by atoms with Crippen molar-refractivity contribution in [2.45, 2.75) is 38.4 Å². The average Bonchev–Trinajstić information content (AvgIpc) is 3.09. The summed E-state index contributed by atoms with van der Waals surface area (Å²) in [4.78, 5) is 16.7. The van der Waals surface area contributed by atoms with E-state index in [0.29, 0.717) is 24.2 Å². The standard InChI is InChI=1S/C22H23F2N5O/c1-29-20-5-3-17(26-13-15-10-16(23)2-4-19(15)24)11-18(20)21(28-29)22(30)27-12-14-6-8-25-9-7-14/h2,4,6-10,17,26H,3,5,11-13H2,1H3,(H,27,30). The van der Waals surface area contributed by atoms with Crippen molar-refractivity contribution in [2.24, 2.45) is 7.05 Å². The average molecular weight is 411 g/mol. The van der Waals surface area contributed by atoms with Crippen LogP contribution in [0.1, 0.15) is 39.3 Å². The van der Waals surface area contributed by atoms with Crippen LogP contribution in [0, 0.1) is 11.6 Å². The molecule has 6 nitrogen and oxygen atoms in total. The Morgan fingerprint density at radius 1 is 1.20 bits per heavy atom. The van der Waals surface area contributed by atoms with Crippen molar-refractivity contribution in [1.82, 2.24) is 25.4 Å². The highest BCUT2D eigenvalue weighted by Crippen LogP contribution is 2.25. The third-order valence-electron chi connectivity index (χ3n) is 5.46. The van der Waals surface area contributed by atoms with E-state index in [2.05, 4.69) is 20.7 Å². The van der Waals surface area contributed by atoms with Crippen LogP contribution in [0.3, 0.4) is 0 Å². The second-order valence-corrected chi connectivity index (χ2v) is 7.49. The van der Waals surface area contributed by atoms with Crippen molar-refractivity contribution in [2.75, 3.05) is 0 Å². The molecular weight excluding hydrogens is 388 g/mol. The van der Waals surface area contributed by atoms with Crippen molar-refractivity contribution >= 4 is 5.91 Å². The van der Waals surface area contributed by atoms with Gasteiger partial charge >= 0.3 is 0 Å². The normalized spacial score (nSPS) is 15.6. The zero-order valence-corrected chi connectivity index (χ0v) is 16.7. The van der Waals surface area contributed by atoms with Gasteiger partial charge < -0.3 is 10.6 Å². The predicted molar refractivity (Wildman–Crippen MR) is 108 cm³/mol. The lowest BCUT2D eigenvalue weighted by Gasteiger charge is -2.24. The van der Waals surface area contributed by atoms with Gasteiger partial charge in [-0.25, -0.2) is 8.78 Å². The molecule has 0 spiro atoms. The van der Waals surface area contributed by atoms with E-state index >= 15 is 0 Å². The summed E-state index contributed by atoms with van der Waals surface area (Å²) >= 11 is 0. The van der Waals surface area contributed by atoms with Gasteiger partial charge in [0.05, 0.1) is 0 Å². The minimum Gasteiger partial charge on any atom is -0.347 e. The minimum absolute atomic E-state index is 0.0520. The summed E-state index contributed by atoms with van der Waals surface area (Å²) in [6.07, 6.45) is 5.57. The van der Waals surface area contributed by atoms with Crippen LogP contribution in [0.2, 0.25) is 0 Å². The molecule has 0 saturated carbocycles. The molecule has 1 amide bonds. The van der Waals surface area contributed by atoms with E-state index in [0.717, 1.165) is 41.8 Å². The molecule has 2 heterocycles. The second kappa shape index (κ2) is 8.71. The fourth-order valence-electron chi connectivity index (χ4n) is 3.85. The SMILES string of the molecule is Cn1nc(C(=O)NCc2ccncc2)c2c1CCC(NCc1cc(F)ccc1F)C2. The Bertz CT molecular complexity index is 1050. The van der Waals surface area contributed by atoms with Gasteiger partial charge in [0.1, 0.15) is 11.6 Å². The van der Waals surface area contributed by atoms with E-state index in [1.165, 1.54) is 6.07 Å². The topological polar surface area (TPSA) is 71.8 Å². The Hall–Kier alpha value is -3.13. The molecule has 1 atom stereocenters. The molecular formula is C22H23F2N5O. The number of hydrogen-bond donors (Lipinski definition) is 2. The molecule has 4 rings (SSSR count). The van der Waals surface area contributed by atoms with Crippen LogP contribution >= 0.6 is 0 Å². The number of benzene rings is 1. The first-order chi connectivity index (χ1) is 14.5. The number of fused-ring (bicyclic) bond motifs is 1. The lowest BCUT2D eigenvalue weighted by atomic mass is 9.91. The maximum Gasteiger partial charge on any atom is 0.272 e. The molecule has 30 heavy (non-hydrogen) atoms. The monoisotopic (exact) mass is 411 g/mol. The second-order valence-electron chi connectivity index (χ2n) is 7.49. The number of hydrogen-bond acceptors (Lipinski definition) is 4. The van der Waals surface area contributed by atoms with Crippen LogP contribution in [0.5, 0.6) is 0 Å². The van der Waals surface area contributed by atoms with Gasteiger partial charge in [-0.15, -0.1) is 0 Å². The molecule has 0 aliphatic heterocycles. The van der Waals surface area contributed by atoms with Gasteiger partial charge in [-0.3, -0.25) is 14.5 Å². The largest absolute Gasteiger partial charge is 0.347 e. The van der Waals surface area contributed by atoms with Crippen molar-refractivity contribution in [3.8, 4) is 0 Å². The van der Waals surface area contributed by atoms with Crippen LogP contribution in [-0.4, -0.2) is 26.7 Å². The highest BCUT2D eigenvalue weighted by atomic mass is 19.1. The van der Waals surface area contributed by atoms with E-state index in [1.54, 1.807) is 17.1 Å². The van der Waals surface area contributed by atoms with E-state index in [1.807, 2.05) is 19.2 Å².